The highest BCUT2D eigenvalue weighted by molar-refractivity contribution is 7.91. The minimum absolute atomic E-state index is 0.122. The molecule has 3 unspecified atom stereocenters. The number of aliphatic hydroxyl groups is 2. The molecule has 0 aromatic heterocycles. The second kappa shape index (κ2) is 5.58. The molecule has 0 bridgehead atoms. The number of sulfone groups is 1. The topological polar surface area (TPSA) is 127 Å². The quantitative estimate of drug-likeness (QED) is 0.599. The molecule has 1 aliphatic heterocycles. The first-order chi connectivity index (χ1) is 9.69. The smallest absolute Gasteiger partial charge is 0.270 e. The molecule has 1 saturated heterocycles. The number of aliphatic hydroxyl groups excluding tert-OH is 2. The van der Waals surface area contributed by atoms with E-state index in [4.69, 9.17) is 4.74 Å². The summed E-state index contributed by atoms with van der Waals surface area (Å²) >= 11 is 0. The van der Waals surface area contributed by atoms with Crippen LogP contribution in [0.4, 0.5) is 5.69 Å². The van der Waals surface area contributed by atoms with Gasteiger partial charge in [0.2, 0.25) is 0 Å². The Bertz CT molecular complexity index is 656. The summed E-state index contributed by atoms with van der Waals surface area (Å²) in [5, 5.41) is 30.1. The van der Waals surface area contributed by atoms with E-state index in [1.807, 2.05) is 0 Å². The van der Waals surface area contributed by atoms with E-state index in [0.717, 1.165) is 6.07 Å². The molecule has 116 valence electrons. The monoisotopic (exact) mass is 317 g/mol. The molecule has 8 nitrogen and oxygen atoms in total. The van der Waals surface area contributed by atoms with Crippen molar-refractivity contribution in [2.75, 3.05) is 11.5 Å². The van der Waals surface area contributed by atoms with Crippen LogP contribution >= 0.6 is 0 Å². The zero-order valence-corrected chi connectivity index (χ0v) is 12.0. The van der Waals surface area contributed by atoms with Crippen molar-refractivity contribution >= 4 is 15.5 Å². The Morgan fingerprint density at radius 3 is 2.57 bits per heavy atom. The highest BCUT2D eigenvalue weighted by atomic mass is 32.2. The number of rotatable bonds is 4. The molecule has 9 heteroatoms. The summed E-state index contributed by atoms with van der Waals surface area (Å²) < 4.78 is 28.3. The minimum atomic E-state index is -3.37. The van der Waals surface area contributed by atoms with Crippen LogP contribution < -0.4 is 4.74 Å². The van der Waals surface area contributed by atoms with Crippen LogP contribution in [-0.4, -0.2) is 47.3 Å². The fraction of sp³-hybridized carbons (Fsp3) is 0.500. The number of ether oxygens (including phenoxy) is 1. The van der Waals surface area contributed by atoms with E-state index in [1.54, 1.807) is 0 Å². The molecule has 1 aliphatic rings. The number of hydrogen-bond acceptors (Lipinski definition) is 7. The standard InChI is InChI=1S/C12H15NO7S/c1-7(14)9-4-8(13(16)17)2-3-11(9)20-12-6-21(18,19)5-10(12)15/h2-4,7,10,12,14-15H,5-6H2,1H3. The zero-order valence-electron chi connectivity index (χ0n) is 11.2. The number of non-ortho nitro benzene ring substituents is 1. The Morgan fingerprint density at radius 1 is 1.43 bits per heavy atom. The Kier molecular flexibility index (Phi) is 4.17. The van der Waals surface area contributed by atoms with Gasteiger partial charge in [-0.3, -0.25) is 10.1 Å². The van der Waals surface area contributed by atoms with Crippen LogP contribution in [0.1, 0.15) is 18.6 Å². The van der Waals surface area contributed by atoms with Crippen molar-refractivity contribution in [2.45, 2.75) is 25.2 Å². The molecule has 2 N–H and O–H groups in total. The molecule has 1 heterocycles. The predicted molar refractivity (Wildman–Crippen MR) is 72.8 cm³/mol. The number of hydrogen-bond donors (Lipinski definition) is 2. The highest BCUT2D eigenvalue weighted by Gasteiger charge is 2.38. The van der Waals surface area contributed by atoms with Gasteiger partial charge in [0.15, 0.2) is 9.84 Å². The van der Waals surface area contributed by atoms with Gasteiger partial charge in [0, 0.05) is 17.7 Å². The van der Waals surface area contributed by atoms with Gasteiger partial charge in [-0.25, -0.2) is 8.42 Å². The van der Waals surface area contributed by atoms with Gasteiger partial charge in [-0.05, 0) is 13.0 Å². The van der Waals surface area contributed by atoms with Gasteiger partial charge in [-0.15, -0.1) is 0 Å². The van der Waals surface area contributed by atoms with Crippen molar-refractivity contribution in [2.24, 2.45) is 0 Å². The van der Waals surface area contributed by atoms with Gasteiger partial charge in [-0.1, -0.05) is 0 Å². The third-order valence-corrected chi connectivity index (χ3v) is 4.89. The third-order valence-electron chi connectivity index (χ3n) is 3.20. The average molecular weight is 317 g/mol. The first-order valence-corrected chi connectivity index (χ1v) is 8.03. The van der Waals surface area contributed by atoms with Gasteiger partial charge in [0.1, 0.15) is 18.0 Å². The molecule has 0 spiro atoms. The molecule has 1 fully saturated rings. The van der Waals surface area contributed by atoms with Crippen molar-refractivity contribution in [3.63, 3.8) is 0 Å². The van der Waals surface area contributed by atoms with Gasteiger partial charge in [-0.2, -0.15) is 0 Å². The highest BCUT2D eigenvalue weighted by Crippen LogP contribution is 2.31. The molecular weight excluding hydrogens is 302 g/mol. The SMILES string of the molecule is CC(O)c1cc([N+](=O)[O-])ccc1OC1CS(=O)(=O)CC1O. The minimum Gasteiger partial charge on any atom is -0.486 e. The van der Waals surface area contributed by atoms with Gasteiger partial charge in [0.05, 0.1) is 22.5 Å². The van der Waals surface area contributed by atoms with Crippen LogP contribution in [0.3, 0.4) is 0 Å². The summed E-state index contributed by atoms with van der Waals surface area (Å²) in [7, 11) is -3.37. The molecule has 2 rings (SSSR count). The molecule has 0 radical (unpaired) electrons. The van der Waals surface area contributed by atoms with Crippen LogP contribution in [-0.2, 0) is 9.84 Å². The predicted octanol–water partition coefficient (Wildman–Crippen LogP) is 0.185. The van der Waals surface area contributed by atoms with Crippen molar-refractivity contribution < 1.29 is 28.3 Å². The van der Waals surface area contributed by atoms with Crippen molar-refractivity contribution in [3.8, 4) is 5.75 Å². The molecule has 3 atom stereocenters. The van der Waals surface area contributed by atoms with E-state index in [1.165, 1.54) is 19.1 Å². The fourth-order valence-corrected chi connectivity index (χ4v) is 3.82. The summed E-state index contributed by atoms with van der Waals surface area (Å²) in [5.74, 6) is -0.587. The summed E-state index contributed by atoms with van der Waals surface area (Å²) in [6.45, 7) is 1.41. The van der Waals surface area contributed by atoms with Gasteiger partial charge in [0.25, 0.3) is 5.69 Å². The van der Waals surface area contributed by atoms with E-state index in [0.29, 0.717) is 0 Å². The molecule has 1 aromatic carbocycles. The average Bonchev–Trinajstić information content (AvgIpc) is 2.62. The molecule has 0 aliphatic carbocycles. The van der Waals surface area contributed by atoms with Crippen LogP contribution in [0, 0.1) is 10.1 Å². The molecule has 1 aromatic rings. The lowest BCUT2D eigenvalue weighted by Crippen LogP contribution is -2.30. The lowest BCUT2D eigenvalue weighted by molar-refractivity contribution is -0.385. The Hall–Kier alpha value is -1.71. The van der Waals surface area contributed by atoms with E-state index in [2.05, 4.69) is 0 Å². The summed E-state index contributed by atoms with van der Waals surface area (Å²) in [6.07, 6.45) is -3.14. The molecule has 0 amide bonds. The van der Waals surface area contributed by atoms with Crippen LogP contribution in [0.15, 0.2) is 18.2 Å². The van der Waals surface area contributed by atoms with Crippen LogP contribution in [0.2, 0.25) is 0 Å². The van der Waals surface area contributed by atoms with E-state index in [9.17, 15) is 28.7 Å². The Labute approximate surface area is 121 Å². The van der Waals surface area contributed by atoms with E-state index in [-0.39, 0.29) is 28.5 Å². The maximum absolute atomic E-state index is 11.4. The first-order valence-electron chi connectivity index (χ1n) is 6.21. The molecule has 0 saturated carbocycles. The molecular formula is C12H15NO7S. The third kappa shape index (κ3) is 3.49. The normalized spacial score (nSPS) is 25.5. The fourth-order valence-electron chi connectivity index (χ4n) is 2.16. The Morgan fingerprint density at radius 2 is 2.10 bits per heavy atom. The largest absolute Gasteiger partial charge is 0.486 e. The maximum atomic E-state index is 11.4. The lowest BCUT2D eigenvalue weighted by atomic mass is 10.1. The summed E-state index contributed by atoms with van der Waals surface area (Å²) in [6, 6.07) is 3.64. The second-order valence-corrected chi connectivity index (χ2v) is 7.11. The van der Waals surface area contributed by atoms with Gasteiger partial charge < -0.3 is 14.9 Å². The first kappa shape index (κ1) is 15.7. The van der Waals surface area contributed by atoms with Crippen molar-refractivity contribution in [1.29, 1.82) is 0 Å². The number of nitro groups is 1. The van der Waals surface area contributed by atoms with Crippen molar-refractivity contribution in [1.82, 2.24) is 0 Å². The van der Waals surface area contributed by atoms with Crippen LogP contribution in [0.25, 0.3) is 0 Å². The number of nitrogens with zero attached hydrogens (tertiary/aromatic N) is 1. The Balaban J connectivity index is 2.30. The zero-order chi connectivity index (χ0) is 15.8. The second-order valence-electron chi connectivity index (χ2n) is 4.96. The van der Waals surface area contributed by atoms with Crippen LogP contribution in [0.5, 0.6) is 5.75 Å². The van der Waals surface area contributed by atoms with Gasteiger partial charge >= 0.3 is 0 Å². The van der Waals surface area contributed by atoms with Crippen molar-refractivity contribution in [3.05, 3.63) is 33.9 Å². The van der Waals surface area contributed by atoms with E-state index >= 15 is 0 Å². The number of benzene rings is 1. The summed E-state index contributed by atoms with van der Waals surface area (Å²) in [4.78, 5) is 10.1. The lowest BCUT2D eigenvalue weighted by Gasteiger charge is -2.19. The summed E-state index contributed by atoms with van der Waals surface area (Å²) in [5.41, 5.74) is -0.0430. The number of nitro benzene ring substituents is 1. The maximum Gasteiger partial charge on any atom is 0.270 e. The molecule has 21 heavy (non-hydrogen) atoms. The van der Waals surface area contributed by atoms with E-state index < -0.39 is 33.1 Å².